The zero-order chi connectivity index (χ0) is 17.0. The minimum atomic E-state index is -0.409. The molecule has 2 amide bonds. The first kappa shape index (κ1) is 17.7. The van der Waals surface area contributed by atoms with Crippen molar-refractivity contribution in [3.05, 3.63) is 22.7 Å². The van der Waals surface area contributed by atoms with Gasteiger partial charge in [0.2, 0.25) is 5.91 Å². The molecule has 1 heterocycles. The molecule has 0 aliphatic carbocycles. The number of nitrogens with two attached hydrogens (primary N) is 1. The lowest BCUT2D eigenvalue weighted by Crippen LogP contribution is -2.52. The lowest BCUT2D eigenvalue weighted by molar-refractivity contribution is -0.125. The number of benzene rings is 1. The van der Waals surface area contributed by atoms with Crippen LogP contribution < -0.4 is 20.7 Å². The number of rotatable bonds is 6. The average Bonchev–Trinajstić information content (AvgIpc) is 2.55. The van der Waals surface area contributed by atoms with Crippen molar-refractivity contribution < 1.29 is 14.3 Å². The summed E-state index contributed by atoms with van der Waals surface area (Å²) in [6.07, 6.45) is 1.55. The quantitative estimate of drug-likeness (QED) is 0.784. The van der Waals surface area contributed by atoms with Gasteiger partial charge in [0.25, 0.3) is 5.91 Å². The number of carbonyl (C=O) groups is 2. The van der Waals surface area contributed by atoms with Crippen molar-refractivity contribution in [3.63, 3.8) is 0 Å². The first-order valence-corrected chi connectivity index (χ1v) is 8.46. The van der Waals surface area contributed by atoms with Crippen LogP contribution in [0.5, 0.6) is 5.75 Å². The third-order valence-corrected chi connectivity index (χ3v) is 4.71. The Balaban J connectivity index is 2.05. The molecule has 0 spiro atoms. The van der Waals surface area contributed by atoms with E-state index in [9.17, 15) is 9.59 Å². The van der Waals surface area contributed by atoms with Gasteiger partial charge in [0, 0.05) is 16.6 Å². The minimum absolute atomic E-state index is 0.0413. The van der Waals surface area contributed by atoms with E-state index in [-0.39, 0.29) is 25.0 Å². The van der Waals surface area contributed by atoms with Crippen LogP contribution in [0, 0.1) is 0 Å². The molecule has 0 fully saturated rings. The van der Waals surface area contributed by atoms with E-state index in [1.54, 1.807) is 12.1 Å². The first-order chi connectivity index (χ1) is 10.9. The number of nitrogens with zero attached hydrogens (tertiary/aromatic N) is 1. The van der Waals surface area contributed by atoms with E-state index in [1.165, 1.54) is 4.90 Å². The summed E-state index contributed by atoms with van der Waals surface area (Å²) in [4.78, 5) is 25.7. The Hall–Kier alpha value is -1.60. The van der Waals surface area contributed by atoms with Gasteiger partial charge in [-0.3, -0.25) is 14.5 Å². The van der Waals surface area contributed by atoms with Crippen LogP contribution >= 0.6 is 15.9 Å². The summed E-state index contributed by atoms with van der Waals surface area (Å²) in [7, 11) is 0. The molecule has 1 aromatic rings. The van der Waals surface area contributed by atoms with Gasteiger partial charge in [0.1, 0.15) is 12.3 Å². The third kappa shape index (κ3) is 4.23. The largest absolute Gasteiger partial charge is 0.482 e. The van der Waals surface area contributed by atoms with Crippen molar-refractivity contribution in [2.75, 3.05) is 24.6 Å². The molecule has 1 aliphatic rings. The number of carbonyl (C=O) groups excluding carboxylic acids is 2. The van der Waals surface area contributed by atoms with Gasteiger partial charge < -0.3 is 15.8 Å². The Morgan fingerprint density at radius 1 is 1.43 bits per heavy atom. The Morgan fingerprint density at radius 2 is 2.13 bits per heavy atom. The van der Waals surface area contributed by atoms with Crippen LogP contribution in [0.2, 0.25) is 0 Å². The van der Waals surface area contributed by atoms with E-state index in [4.69, 9.17) is 10.5 Å². The van der Waals surface area contributed by atoms with Gasteiger partial charge in [-0.05, 0) is 31.0 Å². The van der Waals surface area contributed by atoms with E-state index in [1.807, 2.05) is 19.9 Å². The number of ether oxygens (including phenoxy) is 1. The fraction of sp³-hybridized carbons (Fsp3) is 0.500. The van der Waals surface area contributed by atoms with Gasteiger partial charge in [-0.25, -0.2) is 0 Å². The van der Waals surface area contributed by atoms with Gasteiger partial charge >= 0.3 is 0 Å². The highest BCUT2D eigenvalue weighted by atomic mass is 79.9. The third-order valence-electron chi connectivity index (χ3n) is 4.21. The van der Waals surface area contributed by atoms with Gasteiger partial charge in [0.05, 0.1) is 5.69 Å². The van der Waals surface area contributed by atoms with Crippen LogP contribution in [0.1, 0.15) is 26.7 Å². The first-order valence-electron chi connectivity index (χ1n) is 7.67. The molecular formula is C16H22BrN3O3. The average molecular weight is 384 g/mol. The van der Waals surface area contributed by atoms with Crippen LogP contribution in [-0.2, 0) is 9.59 Å². The highest BCUT2D eigenvalue weighted by molar-refractivity contribution is 9.10. The fourth-order valence-corrected chi connectivity index (χ4v) is 2.67. The van der Waals surface area contributed by atoms with Crippen molar-refractivity contribution in [1.29, 1.82) is 0 Å². The van der Waals surface area contributed by atoms with Crippen molar-refractivity contribution >= 4 is 33.4 Å². The zero-order valence-electron chi connectivity index (χ0n) is 13.4. The van der Waals surface area contributed by atoms with Crippen molar-refractivity contribution in [3.8, 4) is 5.75 Å². The van der Waals surface area contributed by atoms with Crippen molar-refractivity contribution in [2.24, 2.45) is 5.73 Å². The second-order valence-corrected chi connectivity index (χ2v) is 6.64. The number of nitrogens with one attached hydrogen (secondary N) is 1. The molecular weight excluding hydrogens is 362 g/mol. The maximum absolute atomic E-state index is 12.2. The monoisotopic (exact) mass is 383 g/mol. The van der Waals surface area contributed by atoms with E-state index in [0.717, 1.165) is 17.3 Å². The highest BCUT2D eigenvalue weighted by Gasteiger charge is 2.28. The SMILES string of the molecule is CCC(N)(CC)CNC(=O)CN1C(=O)COc2cc(Br)ccc21. The molecule has 126 valence electrons. The van der Waals surface area contributed by atoms with Gasteiger partial charge in [0.15, 0.2) is 6.61 Å². The molecule has 3 N–H and O–H groups in total. The fourth-order valence-electron chi connectivity index (χ4n) is 2.33. The van der Waals surface area contributed by atoms with Gasteiger partial charge in [-0.15, -0.1) is 0 Å². The van der Waals surface area contributed by atoms with Crippen molar-refractivity contribution in [2.45, 2.75) is 32.2 Å². The second kappa shape index (κ2) is 7.31. The van der Waals surface area contributed by atoms with E-state index < -0.39 is 5.54 Å². The molecule has 6 nitrogen and oxygen atoms in total. The Labute approximate surface area is 144 Å². The van der Waals surface area contributed by atoms with E-state index >= 15 is 0 Å². The van der Waals surface area contributed by atoms with Gasteiger partial charge in [-0.1, -0.05) is 29.8 Å². The summed E-state index contributed by atoms with van der Waals surface area (Å²) >= 11 is 3.36. The normalized spacial score (nSPS) is 14.3. The molecule has 0 atom stereocenters. The number of fused-ring (bicyclic) bond motifs is 1. The molecule has 7 heteroatoms. The van der Waals surface area contributed by atoms with Crippen LogP contribution in [0.15, 0.2) is 22.7 Å². The minimum Gasteiger partial charge on any atom is -0.482 e. The molecule has 0 unspecified atom stereocenters. The topological polar surface area (TPSA) is 84.7 Å². The summed E-state index contributed by atoms with van der Waals surface area (Å²) in [6.45, 7) is 4.27. The van der Waals surface area contributed by atoms with Crippen LogP contribution in [0.25, 0.3) is 0 Å². The molecule has 0 saturated carbocycles. The van der Waals surface area contributed by atoms with Crippen LogP contribution in [-0.4, -0.2) is 37.0 Å². The molecule has 23 heavy (non-hydrogen) atoms. The molecule has 1 aromatic carbocycles. The van der Waals surface area contributed by atoms with E-state index in [2.05, 4.69) is 21.2 Å². The van der Waals surface area contributed by atoms with Crippen molar-refractivity contribution in [1.82, 2.24) is 5.32 Å². The summed E-state index contributed by atoms with van der Waals surface area (Å²) in [6, 6.07) is 5.35. The molecule has 2 rings (SSSR count). The summed E-state index contributed by atoms with van der Waals surface area (Å²) in [5.74, 6) is 0.118. The number of hydrogen-bond donors (Lipinski definition) is 2. The molecule has 0 saturated heterocycles. The summed E-state index contributed by atoms with van der Waals surface area (Å²) in [5, 5.41) is 2.83. The molecule has 0 bridgehead atoms. The Bertz CT molecular complexity index is 602. The summed E-state index contributed by atoms with van der Waals surface area (Å²) < 4.78 is 6.26. The predicted octanol–water partition coefficient (Wildman–Crippen LogP) is 1.81. The maximum atomic E-state index is 12.2. The number of anilines is 1. The maximum Gasteiger partial charge on any atom is 0.265 e. The number of hydrogen-bond acceptors (Lipinski definition) is 4. The predicted molar refractivity (Wildman–Crippen MR) is 92.5 cm³/mol. The zero-order valence-corrected chi connectivity index (χ0v) is 15.0. The van der Waals surface area contributed by atoms with Crippen LogP contribution in [0.4, 0.5) is 5.69 Å². The number of halogens is 1. The number of amides is 2. The molecule has 0 radical (unpaired) electrons. The Kier molecular flexibility index (Phi) is 5.64. The van der Waals surface area contributed by atoms with E-state index in [0.29, 0.717) is 18.0 Å². The van der Waals surface area contributed by atoms with Gasteiger partial charge in [-0.2, -0.15) is 0 Å². The highest BCUT2D eigenvalue weighted by Crippen LogP contribution is 2.34. The lowest BCUT2D eigenvalue weighted by atomic mass is 9.94. The standard InChI is InChI=1S/C16H22BrN3O3/c1-3-16(18,4-2)10-19-14(21)8-20-12-6-5-11(17)7-13(12)23-9-15(20)22/h5-7H,3-4,8-10,18H2,1-2H3,(H,19,21). The second-order valence-electron chi connectivity index (χ2n) is 5.73. The summed E-state index contributed by atoms with van der Waals surface area (Å²) in [5.41, 5.74) is 6.37. The smallest absolute Gasteiger partial charge is 0.265 e. The molecule has 1 aliphatic heterocycles. The molecule has 0 aromatic heterocycles. The Morgan fingerprint density at radius 3 is 2.78 bits per heavy atom. The lowest BCUT2D eigenvalue weighted by Gasteiger charge is -2.30. The van der Waals surface area contributed by atoms with Crippen LogP contribution in [0.3, 0.4) is 0 Å².